The highest BCUT2D eigenvalue weighted by molar-refractivity contribution is 6.04. The molecule has 0 spiro atoms. The molecule has 48 heavy (non-hydrogen) atoms. The van der Waals surface area contributed by atoms with E-state index >= 15 is 0 Å². The molecule has 9 heteroatoms. The Morgan fingerprint density at radius 2 is 1.60 bits per heavy atom. The molecular weight excluding hydrogens is 617 g/mol. The van der Waals surface area contributed by atoms with Crippen molar-refractivity contribution in [1.29, 1.82) is 0 Å². The average Bonchev–Trinajstić information content (AvgIpc) is 3.05. The summed E-state index contributed by atoms with van der Waals surface area (Å²) in [4.78, 5) is 27.1. The van der Waals surface area contributed by atoms with Gasteiger partial charge in [-0.05, 0) is 123 Å². The van der Waals surface area contributed by atoms with E-state index in [4.69, 9.17) is 9.47 Å². The number of rotatable bonds is 9. The first kappa shape index (κ1) is 34.4. The van der Waals surface area contributed by atoms with Crippen molar-refractivity contribution in [3.8, 4) is 33.8 Å². The second kappa shape index (κ2) is 14.9. The molecule has 1 heterocycles. The molecule has 0 bridgehead atoms. The van der Waals surface area contributed by atoms with Crippen molar-refractivity contribution in [2.24, 2.45) is 0 Å². The number of ether oxygens (including phenoxy) is 2. The summed E-state index contributed by atoms with van der Waals surface area (Å²) in [6.07, 6.45) is -0.216. The van der Waals surface area contributed by atoms with Gasteiger partial charge in [0.2, 0.25) is 0 Å². The number of anilines is 1. The zero-order valence-corrected chi connectivity index (χ0v) is 27.5. The number of hydrogen-bond donors (Lipinski definition) is 1. The van der Waals surface area contributed by atoms with Crippen molar-refractivity contribution >= 4 is 17.6 Å². The van der Waals surface area contributed by atoms with Crippen LogP contribution in [0.2, 0.25) is 0 Å². The number of piperidine rings is 1. The van der Waals surface area contributed by atoms with Crippen LogP contribution in [0.15, 0.2) is 96.6 Å². The monoisotopic (exact) mass is 656 g/mol. The Kier molecular flexibility index (Phi) is 10.7. The van der Waals surface area contributed by atoms with Crippen molar-refractivity contribution in [3.05, 3.63) is 113 Å². The minimum absolute atomic E-state index is 0.0328. The minimum atomic E-state index is -4.48. The molecule has 1 aliphatic rings. The zero-order chi connectivity index (χ0) is 34.4. The Balaban J connectivity index is 1.41. The van der Waals surface area contributed by atoms with Crippen molar-refractivity contribution in [2.45, 2.75) is 52.3 Å². The number of carbonyl (C=O) groups excluding carboxylic acids is 2. The fraction of sp³-hybridized carbons (Fsp3) is 0.282. The molecule has 1 amide bonds. The average molecular weight is 657 g/mol. The number of likely N-dealkylation sites (tertiary alicyclic amines) is 1. The van der Waals surface area contributed by atoms with Gasteiger partial charge in [0.1, 0.15) is 17.6 Å². The smallest absolute Gasteiger partial charge is 0.416 e. The Hall–Kier alpha value is -4.89. The number of hydrogen-bond acceptors (Lipinski definition) is 5. The summed E-state index contributed by atoms with van der Waals surface area (Å²) in [5.74, 6) is 0.227. The van der Waals surface area contributed by atoms with E-state index in [0.717, 1.165) is 54.8 Å². The van der Waals surface area contributed by atoms with Gasteiger partial charge >= 0.3 is 12.1 Å². The number of carbonyl (C=O) groups is 2. The van der Waals surface area contributed by atoms with Gasteiger partial charge in [0.25, 0.3) is 5.91 Å². The minimum Gasteiger partial charge on any atom is -0.490 e. The first-order valence-electron chi connectivity index (χ1n) is 15.9. The van der Waals surface area contributed by atoms with Gasteiger partial charge in [-0.3, -0.25) is 9.59 Å². The maximum atomic E-state index is 13.7. The lowest BCUT2D eigenvalue weighted by molar-refractivity contribution is -0.137. The van der Waals surface area contributed by atoms with Gasteiger partial charge in [0.05, 0.1) is 5.56 Å². The van der Waals surface area contributed by atoms with Gasteiger partial charge in [-0.2, -0.15) is 13.2 Å². The lowest BCUT2D eigenvalue weighted by Crippen LogP contribution is -2.35. The molecule has 0 aromatic heterocycles. The molecule has 0 unspecified atom stereocenters. The van der Waals surface area contributed by atoms with Gasteiger partial charge in [0.15, 0.2) is 0 Å². The summed E-state index contributed by atoms with van der Waals surface area (Å²) >= 11 is 0. The maximum Gasteiger partial charge on any atom is 0.416 e. The van der Waals surface area contributed by atoms with Crippen molar-refractivity contribution in [2.75, 3.05) is 25.5 Å². The SMILES string of the molecule is CC(=O)Oc1ccc(C(=O)Nc2ccc(-c3ccc(OC4CCN(C)CC4)cc3-c3cccc(C(F)(F)F)c3)cc2)cc1CC=C(C)C. The quantitative estimate of drug-likeness (QED) is 0.111. The van der Waals surface area contributed by atoms with Crippen LogP contribution in [0.25, 0.3) is 22.3 Å². The number of benzene rings is 4. The van der Waals surface area contributed by atoms with Crippen LogP contribution in [0.4, 0.5) is 18.9 Å². The Bertz CT molecular complexity index is 1800. The number of nitrogens with zero attached hydrogens (tertiary/aromatic N) is 1. The van der Waals surface area contributed by atoms with Crippen LogP contribution in [0.1, 0.15) is 55.1 Å². The van der Waals surface area contributed by atoms with Crippen LogP contribution in [0.5, 0.6) is 11.5 Å². The van der Waals surface area contributed by atoms with Crippen LogP contribution in [-0.4, -0.2) is 43.0 Å². The number of esters is 1. The Labute approximate surface area is 279 Å². The van der Waals surface area contributed by atoms with Crippen LogP contribution in [-0.2, 0) is 17.4 Å². The summed E-state index contributed by atoms with van der Waals surface area (Å²) in [6, 6.07) is 22.9. The van der Waals surface area contributed by atoms with Crippen LogP contribution < -0.4 is 14.8 Å². The van der Waals surface area contributed by atoms with Crippen molar-refractivity contribution < 1.29 is 32.2 Å². The summed E-state index contributed by atoms with van der Waals surface area (Å²) in [5.41, 5.74) is 4.55. The summed E-state index contributed by atoms with van der Waals surface area (Å²) in [7, 11) is 2.07. The van der Waals surface area contributed by atoms with E-state index in [1.807, 2.05) is 50.3 Å². The largest absolute Gasteiger partial charge is 0.490 e. The molecule has 6 nitrogen and oxygen atoms in total. The predicted octanol–water partition coefficient (Wildman–Crippen LogP) is 9.20. The molecule has 0 aliphatic carbocycles. The Morgan fingerprint density at radius 1 is 0.875 bits per heavy atom. The molecular formula is C39H39F3N2O4. The number of halogens is 3. The molecule has 1 aliphatic heterocycles. The standard InChI is InChI=1S/C39H39F3N2O4/c1-25(2)8-9-29-22-30(12-17-37(29)47-26(3)45)38(46)43-32-13-10-27(11-14-32)35-16-15-34(48-33-18-20-44(4)21-19-33)24-36(35)28-6-5-7-31(23-28)39(40,41)42/h5-8,10-17,22-24,33H,9,18-21H2,1-4H3,(H,43,46). The van der Waals surface area contributed by atoms with Gasteiger partial charge < -0.3 is 19.7 Å². The highest BCUT2D eigenvalue weighted by Gasteiger charge is 2.30. The molecule has 1 saturated heterocycles. The molecule has 250 valence electrons. The molecule has 4 aromatic carbocycles. The molecule has 5 rings (SSSR count). The third-order valence-corrected chi connectivity index (χ3v) is 8.22. The lowest BCUT2D eigenvalue weighted by Gasteiger charge is -2.29. The lowest BCUT2D eigenvalue weighted by atomic mass is 9.93. The summed E-state index contributed by atoms with van der Waals surface area (Å²) in [5, 5.41) is 2.91. The highest BCUT2D eigenvalue weighted by atomic mass is 19.4. The number of allylic oxidation sites excluding steroid dienone is 2. The molecule has 0 radical (unpaired) electrons. The van der Waals surface area contributed by atoms with E-state index in [1.165, 1.54) is 13.0 Å². The zero-order valence-electron chi connectivity index (χ0n) is 27.5. The summed E-state index contributed by atoms with van der Waals surface area (Å²) < 4.78 is 52.7. The van der Waals surface area contributed by atoms with E-state index in [0.29, 0.717) is 45.9 Å². The molecule has 0 saturated carbocycles. The molecule has 1 N–H and O–H groups in total. The van der Waals surface area contributed by atoms with Crippen LogP contribution >= 0.6 is 0 Å². The van der Waals surface area contributed by atoms with Gasteiger partial charge in [0, 0.05) is 31.3 Å². The van der Waals surface area contributed by atoms with E-state index in [1.54, 1.807) is 36.4 Å². The van der Waals surface area contributed by atoms with E-state index in [9.17, 15) is 22.8 Å². The fourth-order valence-corrected chi connectivity index (χ4v) is 5.63. The second-order valence-electron chi connectivity index (χ2n) is 12.3. The van der Waals surface area contributed by atoms with Crippen LogP contribution in [0, 0.1) is 0 Å². The summed E-state index contributed by atoms with van der Waals surface area (Å²) in [6.45, 7) is 7.10. The number of amides is 1. The van der Waals surface area contributed by atoms with Crippen molar-refractivity contribution in [3.63, 3.8) is 0 Å². The third-order valence-electron chi connectivity index (χ3n) is 8.22. The van der Waals surface area contributed by atoms with Gasteiger partial charge in [-0.25, -0.2) is 0 Å². The molecule has 4 aromatic rings. The van der Waals surface area contributed by atoms with Gasteiger partial charge in [-0.1, -0.05) is 42.0 Å². The van der Waals surface area contributed by atoms with Crippen molar-refractivity contribution in [1.82, 2.24) is 4.90 Å². The first-order chi connectivity index (χ1) is 22.9. The van der Waals surface area contributed by atoms with Crippen LogP contribution in [0.3, 0.4) is 0 Å². The van der Waals surface area contributed by atoms with E-state index < -0.39 is 17.7 Å². The first-order valence-corrected chi connectivity index (χ1v) is 15.9. The molecule has 0 atom stereocenters. The van der Waals surface area contributed by atoms with E-state index in [-0.39, 0.29) is 12.0 Å². The molecule has 1 fully saturated rings. The van der Waals surface area contributed by atoms with E-state index in [2.05, 4.69) is 17.3 Å². The topological polar surface area (TPSA) is 67.9 Å². The fourth-order valence-electron chi connectivity index (χ4n) is 5.63. The normalized spacial score (nSPS) is 13.9. The third kappa shape index (κ3) is 8.92. The highest BCUT2D eigenvalue weighted by Crippen LogP contribution is 2.39. The Morgan fingerprint density at radius 3 is 2.27 bits per heavy atom. The number of alkyl halides is 3. The number of nitrogens with one attached hydrogen (secondary N) is 1. The second-order valence-corrected chi connectivity index (χ2v) is 12.3. The predicted molar refractivity (Wildman–Crippen MR) is 182 cm³/mol. The maximum absolute atomic E-state index is 13.7. The van der Waals surface area contributed by atoms with Gasteiger partial charge in [-0.15, -0.1) is 0 Å².